The average molecular weight is 375 g/mol. The quantitative estimate of drug-likeness (QED) is 0.729. The third kappa shape index (κ3) is 2.27. The number of rotatable bonds is 1. The molecule has 3 aliphatic carbocycles. The number of hydrogen-bond acceptors (Lipinski definition) is 4. The van der Waals surface area contributed by atoms with E-state index >= 15 is 0 Å². The highest BCUT2D eigenvalue weighted by Crippen LogP contribution is 2.60. The van der Waals surface area contributed by atoms with Gasteiger partial charge in [-0.2, -0.15) is 4.98 Å². The maximum atomic E-state index is 6.39. The monoisotopic (exact) mass is 374 g/mol. The van der Waals surface area contributed by atoms with Crippen molar-refractivity contribution in [2.45, 2.75) is 38.8 Å². The van der Waals surface area contributed by atoms with Crippen LogP contribution in [0.15, 0.2) is 24.3 Å². The number of aromatic nitrogens is 2. The Kier molecular flexibility index (Phi) is 3.29. The molecule has 3 saturated carbocycles. The van der Waals surface area contributed by atoms with Crippen molar-refractivity contribution in [1.29, 1.82) is 0 Å². The summed E-state index contributed by atoms with van der Waals surface area (Å²) in [5, 5.41) is 8.31. The molecule has 0 radical (unpaired) electrons. The van der Waals surface area contributed by atoms with Crippen LogP contribution in [-0.4, -0.2) is 22.1 Å². The Morgan fingerprint density at radius 2 is 1.96 bits per heavy atom. The zero-order chi connectivity index (χ0) is 17.3. The van der Waals surface area contributed by atoms with Crippen molar-refractivity contribution < 1.29 is 0 Å². The summed E-state index contributed by atoms with van der Waals surface area (Å²) in [5.41, 5.74) is 2.02. The van der Waals surface area contributed by atoms with Gasteiger partial charge in [-0.1, -0.05) is 49.2 Å². The van der Waals surface area contributed by atoms with Crippen LogP contribution in [0.2, 0.25) is 10.0 Å². The van der Waals surface area contributed by atoms with E-state index in [9.17, 15) is 0 Å². The smallest absolute Gasteiger partial charge is 0.225 e. The zero-order valence-corrected chi connectivity index (χ0v) is 15.7. The molecule has 2 aromatic rings. The molecular weight excluding hydrogens is 355 g/mol. The first-order valence-electron chi connectivity index (χ1n) is 8.80. The van der Waals surface area contributed by atoms with Gasteiger partial charge in [0.2, 0.25) is 5.95 Å². The molecular formula is C19H20Cl2N4. The van der Waals surface area contributed by atoms with E-state index in [0.29, 0.717) is 39.4 Å². The van der Waals surface area contributed by atoms with Crippen molar-refractivity contribution in [2.75, 3.05) is 10.6 Å². The van der Waals surface area contributed by atoms with Crippen LogP contribution in [0.4, 0.5) is 11.8 Å². The number of halogens is 2. The van der Waals surface area contributed by atoms with Crippen molar-refractivity contribution in [2.24, 2.45) is 17.3 Å². The van der Waals surface area contributed by atoms with Gasteiger partial charge in [0.05, 0.1) is 21.8 Å². The Balaban J connectivity index is 1.55. The summed E-state index contributed by atoms with van der Waals surface area (Å²) < 4.78 is 0. The minimum absolute atomic E-state index is 0.364. The molecule has 3 fully saturated rings. The molecule has 1 aromatic heterocycles. The van der Waals surface area contributed by atoms with Gasteiger partial charge in [-0.05, 0) is 36.2 Å². The standard InChI is InChI=1S/C19H20Cl2N4/c1-19(2)9-6-11(19)17-14(7-9)22-15-8-13(23-18(24-15)25-17)10-4-3-5-12(20)16(10)21/h3-5,8-9,11,14,17H,6-7H2,1-2H3,(H2,22,23,24,25). The third-order valence-corrected chi connectivity index (χ3v) is 7.35. The maximum absolute atomic E-state index is 6.39. The molecule has 130 valence electrons. The minimum Gasteiger partial charge on any atom is -0.365 e. The van der Waals surface area contributed by atoms with Crippen LogP contribution in [0.5, 0.6) is 0 Å². The van der Waals surface area contributed by atoms with Gasteiger partial charge in [0.15, 0.2) is 0 Å². The SMILES string of the molecule is CC1(C)C2CC3Nc4cc(-c5cccc(Cl)c5Cl)nc(n4)NC3C1C2. The minimum atomic E-state index is 0.364. The maximum Gasteiger partial charge on any atom is 0.225 e. The Hall–Kier alpha value is -1.52. The van der Waals surface area contributed by atoms with Gasteiger partial charge in [0.1, 0.15) is 5.82 Å². The molecule has 0 amide bonds. The zero-order valence-electron chi connectivity index (χ0n) is 14.2. The summed E-state index contributed by atoms with van der Waals surface area (Å²) in [4.78, 5) is 9.35. The van der Waals surface area contributed by atoms with Gasteiger partial charge in [-0.15, -0.1) is 0 Å². The molecule has 4 nitrogen and oxygen atoms in total. The number of hydrogen-bond donors (Lipinski definition) is 2. The van der Waals surface area contributed by atoms with E-state index in [2.05, 4.69) is 29.5 Å². The first kappa shape index (κ1) is 15.7. The molecule has 0 saturated heterocycles. The molecule has 0 spiro atoms. The molecule has 6 rings (SSSR count). The molecule has 2 N–H and O–H groups in total. The van der Waals surface area contributed by atoms with Gasteiger partial charge < -0.3 is 10.6 Å². The summed E-state index contributed by atoms with van der Waals surface area (Å²) in [6.45, 7) is 4.78. The lowest BCUT2D eigenvalue weighted by Crippen LogP contribution is -2.64. The van der Waals surface area contributed by atoms with Crippen molar-refractivity contribution in [3.8, 4) is 11.3 Å². The van der Waals surface area contributed by atoms with E-state index in [0.717, 1.165) is 23.0 Å². The van der Waals surface area contributed by atoms with Crippen LogP contribution in [0, 0.1) is 17.3 Å². The van der Waals surface area contributed by atoms with Crippen LogP contribution in [-0.2, 0) is 0 Å². The summed E-state index contributed by atoms with van der Waals surface area (Å²) in [7, 11) is 0. The van der Waals surface area contributed by atoms with Gasteiger partial charge in [-0.25, -0.2) is 4.98 Å². The predicted molar refractivity (Wildman–Crippen MR) is 102 cm³/mol. The normalized spacial score (nSPS) is 31.0. The third-order valence-electron chi connectivity index (χ3n) is 6.53. The molecule has 25 heavy (non-hydrogen) atoms. The van der Waals surface area contributed by atoms with Crippen LogP contribution in [0.25, 0.3) is 11.3 Å². The molecule has 4 bridgehead atoms. The molecule has 4 aliphatic rings. The Morgan fingerprint density at radius 3 is 2.76 bits per heavy atom. The molecule has 1 aliphatic heterocycles. The summed E-state index contributed by atoms with van der Waals surface area (Å²) >= 11 is 12.6. The van der Waals surface area contributed by atoms with Crippen LogP contribution in [0.3, 0.4) is 0 Å². The van der Waals surface area contributed by atoms with E-state index in [1.807, 2.05) is 18.2 Å². The van der Waals surface area contributed by atoms with Crippen molar-refractivity contribution in [1.82, 2.24) is 9.97 Å². The molecule has 4 unspecified atom stereocenters. The van der Waals surface area contributed by atoms with Crippen LogP contribution >= 0.6 is 23.2 Å². The summed E-state index contributed by atoms with van der Waals surface area (Å²) in [6.07, 6.45) is 2.47. The van der Waals surface area contributed by atoms with E-state index in [-0.39, 0.29) is 0 Å². The second-order valence-corrected chi connectivity index (χ2v) is 8.87. The van der Waals surface area contributed by atoms with Gasteiger partial charge in [-0.3, -0.25) is 0 Å². The van der Waals surface area contributed by atoms with E-state index in [4.69, 9.17) is 28.2 Å². The second-order valence-electron chi connectivity index (χ2n) is 8.08. The molecule has 1 aromatic carbocycles. The Labute approximate surface area is 157 Å². The lowest BCUT2D eigenvalue weighted by molar-refractivity contribution is -0.0778. The van der Waals surface area contributed by atoms with Gasteiger partial charge in [0.25, 0.3) is 0 Å². The summed E-state index contributed by atoms with van der Waals surface area (Å²) in [6, 6.07) is 8.35. The first-order chi connectivity index (χ1) is 11.9. The number of benzene rings is 1. The number of fused-ring (bicyclic) bond motifs is 2. The fraction of sp³-hybridized carbons (Fsp3) is 0.474. The van der Waals surface area contributed by atoms with Crippen molar-refractivity contribution in [3.63, 3.8) is 0 Å². The molecule has 4 atom stereocenters. The average Bonchev–Trinajstić information content (AvgIpc) is 2.70. The lowest BCUT2D eigenvalue weighted by atomic mass is 9.46. The first-order valence-corrected chi connectivity index (χ1v) is 9.55. The fourth-order valence-electron chi connectivity index (χ4n) is 4.91. The van der Waals surface area contributed by atoms with Gasteiger partial charge >= 0.3 is 0 Å². The second kappa shape index (κ2) is 5.24. The van der Waals surface area contributed by atoms with Crippen molar-refractivity contribution >= 4 is 35.0 Å². The Bertz CT molecular complexity index is 866. The topological polar surface area (TPSA) is 49.8 Å². The van der Waals surface area contributed by atoms with Gasteiger partial charge in [0, 0.05) is 17.7 Å². The highest BCUT2D eigenvalue weighted by molar-refractivity contribution is 6.43. The van der Waals surface area contributed by atoms with Crippen LogP contribution < -0.4 is 10.6 Å². The van der Waals surface area contributed by atoms with E-state index < -0.39 is 0 Å². The largest absolute Gasteiger partial charge is 0.365 e. The fourth-order valence-corrected chi connectivity index (χ4v) is 5.31. The molecule has 6 heteroatoms. The van der Waals surface area contributed by atoms with Crippen molar-refractivity contribution in [3.05, 3.63) is 34.3 Å². The lowest BCUT2D eigenvalue weighted by Gasteiger charge is -2.62. The highest BCUT2D eigenvalue weighted by Gasteiger charge is 2.58. The summed E-state index contributed by atoms with van der Waals surface area (Å²) in [5.74, 6) is 2.97. The Morgan fingerprint density at radius 1 is 1.12 bits per heavy atom. The predicted octanol–water partition coefficient (Wildman–Crippen LogP) is 5.09. The number of nitrogens with zero attached hydrogens (tertiary/aromatic N) is 2. The number of nitrogens with one attached hydrogen (secondary N) is 2. The van der Waals surface area contributed by atoms with E-state index in [1.54, 1.807) is 6.07 Å². The van der Waals surface area contributed by atoms with Crippen LogP contribution in [0.1, 0.15) is 26.7 Å². The molecule has 2 heterocycles. The highest BCUT2D eigenvalue weighted by atomic mass is 35.5. The van der Waals surface area contributed by atoms with E-state index in [1.165, 1.54) is 12.8 Å². The number of anilines is 2.